The number of aliphatic hydroxyl groups is 5. The van der Waals surface area contributed by atoms with Crippen LogP contribution in [0.2, 0.25) is 0 Å². The normalized spacial score (nSPS) is 19.4. The zero-order valence-electron chi connectivity index (χ0n) is 53.0. The van der Waals surface area contributed by atoms with Crippen molar-refractivity contribution in [1.82, 2.24) is 5.32 Å². The second-order valence-corrected chi connectivity index (χ2v) is 22.5. The molecule has 0 aromatic carbocycles. The number of amides is 1. The van der Waals surface area contributed by atoms with Gasteiger partial charge in [0.1, 0.15) is 24.4 Å². The van der Waals surface area contributed by atoms with Crippen molar-refractivity contribution in [1.29, 1.82) is 0 Å². The van der Waals surface area contributed by atoms with Gasteiger partial charge in [-0.3, -0.25) is 9.59 Å². The lowest BCUT2D eigenvalue weighted by Crippen LogP contribution is -2.61. The first-order valence-corrected chi connectivity index (χ1v) is 33.5. The molecule has 0 aromatic rings. The number of nitrogens with one attached hydrogen (secondary N) is 1. The van der Waals surface area contributed by atoms with Crippen molar-refractivity contribution < 1.29 is 49.3 Å². The Morgan fingerprint density at radius 3 is 1.31 bits per heavy atom. The molecule has 0 bridgehead atoms. The molecule has 0 aromatic heterocycles. The minimum atomic E-state index is -1.64. The molecule has 1 saturated heterocycles. The van der Waals surface area contributed by atoms with Crippen LogP contribution in [0.4, 0.5) is 0 Å². The highest BCUT2D eigenvalue weighted by Gasteiger charge is 2.47. The Morgan fingerprint density at radius 1 is 0.476 bits per heavy atom. The lowest BCUT2D eigenvalue weighted by molar-refractivity contribution is -0.305. The molecule has 1 heterocycles. The van der Waals surface area contributed by atoms with Gasteiger partial charge < -0.3 is 45.1 Å². The molecular weight excluding hydrogens is 1050 g/mol. The maximum Gasteiger partial charge on any atom is 0.306 e. The maximum atomic E-state index is 13.4. The Bertz CT molecular complexity index is 1880. The highest BCUT2D eigenvalue weighted by Crippen LogP contribution is 2.26. The summed E-state index contributed by atoms with van der Waals surface area (Å²) in [5.74, 6) is -1.27. The van der Waals surface area contributed by atoms with E-state index in [0.717, 1.165) is 122 Å². The fraction of sp³-hybridized carbons (Fsp3) is 0.671. The van der Waals surface area contributed by atoms with E-state index >= 15 is 0 Å². The molecule has 0 saturated carbocycles. The van der Waals surface area contributed by atoms with Crippen LogP contribution in [-0.4, -0.2) is 99.6 Å². The molecule has 478 valence electrons. The van der Waals surface area contributed by atoms with Gasteiger partial charge in [0.15, 0.2) is 12.4 Å². The summed E-state index contributed by atoms with van der Waals surface area (Å²) in [6.07, 6.45) is 73.5. The molecule has 8 atom stereocenters. The number of carbonyl (C=O) groups excluding carboxylic acids is 2. The van der Waals surface area contributed by atoms with Crippen molar-refractivity contribution in [3.63, 3.8) is 0 Å². The number of allylic oxidation sites excluding steroid dienone is 21. The van der Waals surface area contributed by atoms with Crippen molar-refractivity contribution in [2.45, 2.75) is 301 Å². The van der Waals surface area contributed by atoms with Gasteiger partial charge in [-0.1, -0.05) is 264 Å². The summed E-state index contributed by atoms with van der Waals surface area (Å²) in [6.45, 7) is 5.60. The van der Waals surface area contributed by atoms with Crippen molar-refractivity contribution in [3.05, 3.63) is 134 Å². The predicted molar refractivity (Wildman–Crippen MR) is 351 cm³/mol. The van der Waals surface area contributed by atoms with E-state index in [1.165, 1.54) is 83.5 Å². The summed E-state index contributed by atoms with van der Waals surface area (Å²) in [5, 5.41) is 57.0. The van der Waals surface area contributed by atoms with Crippen LogP contribution in [0.5, 0.6) is 0 Å². The molecule has 8 unspecified atom stereocenters. The van der Waals surface area contributed by atoms with E-state index in [0.29, 0.717) is 12.8 Å². The van der Waals surface area contributed by atoms with Gasteiger partial charge in [-0.05, 0) is 116 Å². The first kappa shape index (κ1) is 77.8. The van der Waals surface area contributed by atoms with Crippen LogP contribution in [0.3, 0.4) is 0 Å². The largest absolute Gasteiger partial charge is 0.454 e. The van der Waals surface area contributed by atoms with E-state index in [-0.39, 0.29) is 19.4 Å². The molecule has 6 N–H and O–H groups in total. The number of ether oxygens (including phenoxy) is 3. The highest BCUT2D eigenvalue weighted by atomic mass is 16.7. The minimum absolute atomic E-state index is 0.0988. The van der Waals surface area contributed by atoms with Gasteiger partial charge in [-0.2, -0.15) is 0 Å². The number of esters is 1. The Hall–Kier alpha value is -4.20. The third-order valence-corrected chi connectivity index (χ3v) is 14.8. The van der Waals surface area contributed by atoms with E-state index in [1.54, 1.807) is 6.08 Å². The Balaban J connectivity index is 2.63. The average molecular weight is 1170 g/mol. The molecule has 0 radical (unpaired) electrons. The van der Waals surface area contributed by atoms with Crippen molar-refractivity contribution in [2.24, 2.45) is 0 Å². The molecule has 0 aliphatic carbocycles. The van der Waals surface area contributed by atoms with Crippen LogP contribution in [0.25, 0.3) is 0 Å². The maximum absolute atomic E-state index is 13.4. The number of unbranched alkanes of at least 4 members (excludes halogenated alkanes) is 21. The smallest absolute Gasteiger partial charge is 0.306 e. The second kappa shape index (κ2) is 59.1. The number of hydrogen-bond donors (Lipinski definition) is 6. The van der Waals surface area contributed by atoms with Gasteiger partial charge >= 0.3 is 5.97 Å². The van der Waals surface area contributed by atoms with Gasteiger partial charge in [0.2, 0.25) is 5.91 Å². The Morgan fingerprint density at radius 2 is 0.857 bits per heavy atom. The Labute approximate surface area is 512 Å². The second-order valence-electron chi connectivity index (χ2n) is 22.5. The Kier molecular flexibility index (Phi) is 54.8. The summed E-state index contributed by atoms with van der Waals surface area (Å²) in [5.41, 5.74) is 0. The lowest BCUT2D eigenvalue weighted by atomic mass is 9.99. The van der Waals surface area contributed by atoms with E-state index in [9.17, 15) is 35.1 Å². The number of hydrogen-bond acceptors (Lipinski definition) is 10. The van der Waals surface area contributed by atoms with Gasteiger partial charge in [0.05, 0.1) is 25.4 Å². The standard InChI is InChI=1S/C73H121NO10/c1-4-7-10-13-16-19-22-25-27-29-30-31-32-33-34-35-36-37-38-39-41-43-46-49-52-55-58-61-68(78)84-71-70(80)69(79)67(62-75)83-73(71)82-63-64(65(76)59-56-53-50-47-44-24-21-18-15-12-9-6-3)74-72(81)66(77)60-57-54-51-48-45-42-40-28-26-23-20-17-14-11-8-5-2/h7,10,16-17,19-20,25-28,30-31,33-34,36-37,42,45,51,54,56,59,64-67,69-71,73,75-77,79-80H,4-6,8-9,11-15,18,21-24,29,32,35,38-41,43-44,46-50,52-53,55,57-58,60-63H2,1-3H3,(H,74,81)/b10-7-,19-16-,20-17-,27-25-,28-26-,31-30-,34-33-,37-36-,45-42-,54-51-,59-56+. The van der Waals surface area contributed by atoms with Crippen LogP contribution in [0, 0.1) is 0 Å². The topological polar surface area (TPSA) is 175 Å². The van der Waals surface area contributed by atoms with Crippen molar-refractivity contribution in [2.75, 3.05) is 13.2 Å². The fourth-order valence-electron chi connectivity index (χ4n) is 9.53. The molecule has 0 spiro atoms. The van der Waals surface area contributed by atoms with Crippen LogP contribution in [-0.2, 0) is 23.8 Å². The first-order chi connectivity index (χ1) is 41.2. The highest BCUT2D eigenvalue weighted by molar-refractivity contribution is 5.80. The third-order valence-electron chi connectivity index (χ3n) is 14.8. The molecular formula is C73H121NO10. The van der Waals surface area contributed by atoms with Crippen LogP contribution in [0.1, 0.15) is 252 Å². The summed E-state index contributed by atoms with van der Waals surface area (Å²) in [4.78, 5) is 26.6. The zero-order valence-corrected chi connectivity index (χ0v) is 53.0. The average Bonchev–Trinajstić information content (AvgIpc) is 3.69. The molecule has 1 rings (SSSR count). The molecule has 84 heavy (non-hydrogen) atoms. The van der Waals surface area contributed by atoms with E-state index in [2.05, 4.69) is 135 Å². The quantitative estimate of drug-likeness (QED) is 0.0195. The number of rotatable bonds is 55. The van der Waals surface area contributed by atoms with E-state index in [1.807, 2.05) is 18.2 Å². The predicted octanol–water partition coefficient (Wildman–Crippen LogP) is 16.8. The van der Waals surface area contributed by atoms with Crippen LogP contribution >= 0.6 is 0 Å². The number of aliphatic hydroxyl groups excluding tert-OH is 5. The zero-order chi connectivity index (χ0) is 61.0. The third kappa shape index (κ3) is 46.1. The fourth-order valence-corrected chi connectivity index (χ4v) is 9.53. The molecule has 1 aliphatic rings. The SMILES string of the molecule is CC/C=C\C/C=C\C/C=C\C/C=C\C/C=C\C/C=C\CCCCCCCCCCC(=O)OC1C(OCC(NC(=O)C(O)CC/C=C\C/C=C\C/C=C\C/C=C\CCCCC)C(O)/C=C/CCCCCCCCCCCC)OC(CO)C(O)C1O. The van der Waals surface area contributed by atoms with Gasteiger partial charge in [-0.15, -0.1) is 0 Å². The summed E-state index contributed by atoms with van der Waals surface area (Å²) in [7, 11) is 0. The number of carbonyl (C=O) groups is 2. The minimum Gasteiger partial charge on any atom is -0.454 e. The van der Waals surface area contributed by atoms with Crippen molar-refractivity contribution in [3.8, 4) is 0 Å². The summed E-state index contributed by atoms with van der Waals surface area (Å²) < 4.78 is 17.6. The summed E-state index contributed by atoms with van der Waals surface area (Å²) >= 11 is 0. The molecule has 11 heteroatoms. The first-order valence-electron chi connectivity index (χ1n) is 33.5. The molecule has 1 fully saturated rings. The van der Waals surface area contributed by atoms with Gasteiger partial charge in [0, 0.05) is 6.42 Å². The van der Waals surface area contributed by atoms with E-state index in [4.69, 9.17) is 14.2 Å². The van der Waals surface area contributed by atoms with Gasteiger partial charge in [-0.25, -0.2) is 0 Å². The van der Waals surface area contributed by atoms with Crippen LogP contribution < -0.4 is 5.32 Å². The van der Waals surface area contributed by atoms with Gasteiger partial charge in [0.25, 0.3) is 0 Å². The van der Waals surface area contributed by atoms with E-state index < -0.39 is 67.4 Å². The summed E-state index contributed by atoms with van der Waals surface area (Å²) in [6, 6.07) is -1.06. The van der Waals surface area contributed by atoms with Crippen molar-refractivity contribution >= 4 is 11.9 Å². The monoisotopic (exact) mass is 1170 g/mol. The molecule has 1 amide bonds. The molecule has 1 aliphatic heterocycles. The lowest BCUT2D eigenvalue weighted by Gasteiger charge is -2.41. The molecule has 11 nitrogen and oxygen atoms in total. The van der Waals surface area contributed by atoms with Crippen LogP contribution in [0.15, 0.2) is 134 Å².